The molecule has 1 atom stereocenters. The van der Waals surface area contributed by atoms with E-state index in [0.29, 0.717) is 10.0 Å². The molecule has 0 aromatic heterocycles. The number of nitrogens with two attached hydrogens (primary N) is 1. The van der Waals surface area contributed by atoms with Gasteiger partial charge in [-0.15, -0.1) is 12.4 Å². The van der Waals surface area contributed by atoms with Crippen molar-refractivity contribution in [3.05, 3.63) is 33.8 Å². The largest absolute Gasteiger partial charge is 0.324 e. The number of rotatable bonds is 3. The van der Waals surface area contributed by atoms with Gasteiger partial charge in [0.1, 0.15) is 0 Å². The minimum atomic E-state index is -0.0498. The van der Waals surface area contributed by atoms with Gasteiger partial charge in [0.2, 0.25) is 0 Å². The first kappa shape index (κ1) is 14.1. The highest BCUT2D eigenvalue weighted by Crippen LogP contribution is 2.30. The summed E-state index contributed by atoms with van der Waals surface area (Å²) in [6.07, 6.45) is 1.94. The van der Waals surface area contributed by atoms with Gasteiger partial charge in [0.05, 0.1) is 0 Å². The average molecular weight is 255 g/mol. The van der Waals surface area contributed by atoms with Crippen molar-refractivity contribution in [3.8, 4) is 0 Å². The first-order valence-corrected chi connectivity index (χ1v) is 5.12. The first-order valence-electron chi connectivity index (χ1n) is 4.36. The van der Waals surface area contributed by atoms with Crippen molar-refractivity contribution >= 4 is 35.6 Å². The lowest BCUT2D eigenvalue weighted by Crippen LogP contribution is -2.10. The molecule has 2 N–H and O–H groups in total. The second-order valence-corrected chi connectivity index (χ2v) is 3.84. The van der Waals surface area contributed by atoms with Crippen LogP contribution in [-0.4, -0.2) is 0 Å². The Bertz CT molecular complexity index is 268. The zero-order chi connectivity index (χ0) is 9.84. The van der Waals surface area contributed by atoms with Gasteiger partial charge < -0.3 is 5.73 Å². The summed E-state index contributed by atoms with van der Waals surface area (Å²) < 4.78 is 0. The van der Waals surface area contributed by atoms with Crippen LogP contribution < -0.4 is 5.73 Å². The predicted octanol–water partition coefficient (Wildman–Crippen LogP) is 4.22. The van der Waals surface area contributed by atoms with Gasteiger partial charge in [0, 0.05) is 21.7 Å². The monoisotopic (exact) mass is 253 g/mol. The van der Waals surface area contributed by atoms with Crippen molar-refractivity contribution in [2.24, 2.45) is 5.73 Å². The maximum atomic E-state index is 6.00. The molecule has 1 rings (SSSR count). The summed E-state index contributed by atoms with van der Waals surface area (Å²) in [4.78, 5) is 0. The maximum absolute atomic E-state index is 6.00. The second kappa shape index (κ2) is 6.52. The summed E-state index contributed by atoms with van der Waals surface area (Å²) >= 11 is 12.0. The van der Waals surface area contributed by atoms with Gasteiger partial charge in [0.15, 0.2) is 0 Å². The summed E-state index contributed by atoms with van der Waals surface area (Å²) in [7, 11) is 0. The van der Waals surface area contributed by atoms with Crippen molar-refractivity contribution in [3.63, 3.8) is 0 Å². The van der Waals surface area contributed by atoms with Gasteiger partial charge >= 0.3 is 0 Å². The van der Waals surface area contributed by atoms with E-state index in [1.165, 1.54) is 0 Å². The second-order valence-electron chi connectivity index (χ2n) is 3.03. The quantitative estimate of drug-likeness (QED) is 0.859. The highest BCUT2D eigenvalue weighted by atomic mass is 35.5. The number of hydrogen-bond acceptors (Lipinski definition) is 1. The molecule has 14 heavy (non-hydrogen) atoms. The fraction of sp³-hybridized carbons (Fsp3) is 0.400. The molecule has 0 saturated heterocycles. The van der Waals surface area contributed by atoms with Crippen molar-refractivity contribution in [1.29, 1.82) is 0 Å². The third-order valence-corrected chi connectivity index (χ3v) is 2.63. The minimum Gasteiger partial charge on any atom is -0.324 e. The van der Waals surface area contributed by atoms with Crippen LogP contribution in [0.2, 0.25) is 10.0 Å². The molecule has 0 unspecified atom stereocenters. The molecule has 0 fully saturated rings. The van der Waals surface area contributed by atoms with Crippen molar-refractivity contribution in [1.82, 2.24) is 0 Å². The van der Waals surface area contributed by atoms with E-state index in [1.807, 2.05) is 18.2 Å². The zero-order valence-corrected chi connectivity index (χ0v) is 10.3. The third-order valence-electron chi connectivity index (χ3n) is 1.97. The summed E-state index contributed by atoms with van der Waals surface area (Å²) in [6, 6.07) is 5.41. The van der Waals surface area contributed by atoms with Gasteiger partial charge in [-0.2, -0.15) is 0 Å². The van der Waals surface area contributed by atoms with Gasteiger partial charge in [-0.05, 0) is 18.6 Å². The molecule has 1 aromatic carbocycles. The summed E-state index contributed by atoms with van der Waals surface area (Å²) in [5.74, 6) is 0. The number of benzene rings is 1. The van der Waals surface area contributed by atoms with Crippen LogP contribution in [0.4, 0.5) is 0 Å². The van der Waals surface area contributed by atoms with Crippen molar-refractivity contribution in [2.75, 3.05) is 0 Å². The summed E-state index contributed by atoms with van der Waals surface area (Å²) in [6.45, 7) is 2.09. The van der Waals surface area contributed by atoms with Crippen LogP contribution in [0.1, 0.15) is 31.4 Å². The molecule has 0 saturated carbocycles. The van der Waals surface area contributed by atoms with E-state index in [0.717, 1.165) is 18.4 Å². The Kier molecular flexibility index (Phi) is 6.54. The molecule has 0 spiro atoms. The zero-order valence-electron chi connectivity index (χ0n) is 7.97. The predicted molar refractivity (Wildman–Crippen MR) is 65.5 cm³/mol. The van der Waals surface area contributed by atoms with Crippen molar-refractivity contribution < 1.29 is 0 Å². The van der Waals surface area contributed by atoms with Crippen LogP contribution in [0.5, 0.6) is 0 Å². The molecule has 0 bridgehead atoms. The molecule has 0 aliphatic heterocycles. The highest BCUT2D eigenvalue weighted by molar-refractivity contribution is 6.36. The summed E-state index contributed by atoms with van der Waals surface area (Å²) in [5.41, 5.74) is 6.81. The van der Waals surface area contributed by atoms with E-state index in [-0.39, 0.29) is 18.4 Å². The highest BCUT2D eigenvalue weighted by Gasteiger charge is 2.12. The molecule has 1 aromatic rings. The molecule has 4 heteroatoms. The Hall–Kier alpha value is 0.0500. The lowest BCUT2D eigenvalue weighted by atomic mass is 10.0. The maximum Gasteiger partial charge on any atom is 0.0468 e. The Morgan fingerprint density at radius 3 is 2.21 bits per heavy atom. The van der Waals surface area contributed by atoms with Crippen molar-refractivity contribution in [2.45, 2.75) is 25.8 Å². The molecule has 1 nitrogen and oxygen atoms in total. The molecule has 0 heterocycles. The van der Waals surface area contributed by atoms with E-state index >= 15 is 0 Å². The fourth-order valence-corrected chi connectivity index (χ4v) is 2.00. The SMILES string of the molecule is CCC[C@H](N)c1c(Cl)cccc1Cl.Cl. The lowest BCUT2D eigenvalue weighted by Gasteiger charge is -2.13. The van der Waals surface area contributed by atoms with Gasteiger partial charge in [0.25, 0.3) is 0 Å². The van der Waals surface area contributed by atoms with E-state index in [1.54, 1.807) is 0 Å². The van der Waals surface area contributed by atoms with E-state index in [4.69, 9.17) is 28.9 Å². The number of halogens is 3. The Morgan fingerprint density at radius 1 is 1.29 bits per heavy atom. The number of hydrogen-bond donors (Lipinski definition) is 1. The smallest absolute Gasteiger partial charge is 0.0468 e. The van der Waals surface area contributed by atoms with Crippen LogP contribution in [0.15, 0.2) is 18.2 Å². The van der Waals surface area contributed by atoms with E-state index < -0.39 is 0 Å². The van der Waals surface area contributed by atoms with Crippen LogP contribution in [0.25, 0.3) is 0 Å². The third kappa shape index (κ3) is 3.32. The molecule has 0 radical (unpaired) electrons. The summed E-state index contributed by atoms with van der Waals surface area (Å²) in [5, 5.41) is 1.32. The van der Waals surface area contributed by atoms with Crippen LogP contribution in [0.3, 0.4) is 0 Å². The molecule has 0 aliphatic carbocycles. The molecule has 0 amide bonds. The first-order chi connectivity index (χ1) is 6.16. The molecular formula is C10H14Cl3N. The van der Waals surface area contributed by atoms with E-state index in [9.17, 15) is 0 Å². The average Bonchev–Trinajstić information content (AvgIpc) is 2.04. The Balaban J connectivity index is 0.00000169. The molecule has 80 valence electrons. The van der Waals surface area contributed by atoms with Gasteiger partial charge in [-0.3, -0.25) is 0 Å². The van der Waals surface area contributed by atoms with Crippen LogP contribution in [-0.2, 0) is 0 Å². The van der Waals surface area contributed by atoms with Gasteiger partial charge in [-0.1, -0.05) is 42.6 Å². The van der Waals surface area contributed by atoms with E-state index in [2.05, 4.69) is 6.92 Å². The topological polar surface area (TPSA) is 26.0 Å². The fourth-order valence-electron chi connectivity index (χ4n) is 1.32. The minimum absolute atomic E-state index is 0. The molecule has 0 aliphatic rings. The Labute approximate surface area is 101 Å². The normalized spacial score (nSPS) is 12.0. The van der Waals surface area contributed by atoms with Gasteiger partial charge in [-0.25, -0.2) is 0 Å². The Morgan fingerprint density at radius 2 is 1.79 bits per heavy atom. The molecular weight excluding hydrogens is 240 g/mol. The standard InChI is InChI=1S/C10H13Cl2N.ClH/c1-2-4-9(13)10-7(11)5-3-6-8(10)12;/h3,5-6,9H,2,4,13H2,1H3;1H/t9-;/m0./s1. The van der Waals surface area contributed by atoms with Crippen LogP contribution >= 0.6 is 35.6 Å². The lowest BCUT2D eigenvalue weighted by molar-refractivity contribution is 0.639. The van der Waals surface area contributed by atoms with Crippen LogP contribution in [0, 0.1) is 0 Å².